The van der Waals surface area contributed by atoms with Gasteiger partial charge in [-0.2, -0.15) is 8.78 Å². The van der Waals surface area contributed by atoms with Crippen molar-refractivity contribution in [3.8, 4) is 16.9 Å². The van der Waals surface area contributed by atoms with Crippen molar-refractivity contribution < 1.29 is 13.5 Å². The van der Waals surface area contributed by atoms with E-state index in [-0.39, 0.29) is 11.0 Å². The van der Waals surface area contributed by atoms with Gasteiger partial charge in [0.1, 0.15) is 11.6 Å². The summed E-state index contributed by atoms with van der Waals surface area (Å²) >= 11 is 12.2. The number of halogens is 4. The van der Waals surface area contributed by atoms with Gasteiger partial charge in [0.15, 0.2) is 0 Å². The van der Waals surface area contributed by atoms with Crippen LogP contribution in [0.1, 0.15) is 11.4 Å². The zero-order valence-electron chi connectivity index (χ0n) is 15.1. The second-order valence-electron chi connectivity index (χ2n) is 6.29. The number of fused-ring (bicyclic) bond motifs is 1. The van der Waals surface area contributed by atoms with Gasteiger partial charge in [-0.15, -0.1) is 0 Å². The molecule has 9 heteroatoms. The molecule has 0 aliphatic carbocycles. The molecule has 0 aliphatic heterocycles. The first-order valence-corrected chi connectivity index (χ1v) is 9.35. The molecule has 0 atom stereocenters. The average molecular weight is 435 g/mol. The highest BCUT2D eigenvalue weighted by molar-refractivity contribution is 6.34. The highest BCUT2D eigenvalue weighted by Crippen LogP contribution is 2.33. The summed E-state index contributed by atoms with van der Waals surface area (Å²) in [6.45, 7) is -0.744. The van der Waals surface area contributed by atoms with Crippen LogP contribution in [-0.2, 0) is 6.54 Å². The van der Waals surface area contributed by atoms with E-state index in [4.69, 9.17) is 23.2 Å². The van der Waals surface area contributed by atoms with E-state index in [1.165, 1.54) is 6.07 Å². The number of hydrogen-bond donors (Lipinski definition) is 0. The molecule has 4 rings (SSSR count). The first-order chi connectivity index (χ1) is 13.9. The molecule has 2 heterocycles. The highest BCUT2D eigenvalue weighted by Gasteiger charge is 2.16. The van der Waals surface area contributed by atoms with Crippen molar-refractivity contribution in [1.82, 2.24) is 19.5 Å². The number of nitrogens with zero attached hydrogens (tertiary/aromatic N) is 4. The number of alkyl halides is 2. The zero-order valence-corrected chi connectivity index (χ0v) is 16.6. The Morgan fingerprint density at radius 1 is 1.10 bits per heavy atom. The molecule has 0 bridgehead atoms. The number of hydrogen-bond acceptors (Lipinski definition) is 4. The van der Waals surface area contributed by atoms with Gasteiger partial charge in [0.05, 0.1) is 22.6 Å². The number of benzene rings is 2. The van der Waals surface area contributed by atoms with Gasteiger partial charge >= 0.3 is 6.61 Å². The fourth-order valence-electron chi connectivity index (χ4n) is 3.15. The van der Waals surface area contributed by atoms with Crippen LogP contribution in [0.2, 0.25) is 10.3 Å². The SMILES string of the molecule is Cc1nc2cc(Cl)c(-c3cnc(Cl)nc3)cc2n1Cc1ccccc1OC(F)F. The molecule has 0 saturated carbocycles. The van der Waals surface area contributed by atoms with Crippen molar-refractivity contribution in [1.29, 1.82) is 0 Å². The minimum Gasteiger partial charge on any atom is -0.434 e. The molecule has 2 aromatic heterocycles. The molecule has 4 aromatic rings. The molecule has 0 unspecified atom stereocenters. The van der Waals surface area contributed by atoms with Crippen molar-refractivity contribution in [2.75, 3.05) is 0 Å². The van der Waals surface area contributed by atoms with Crippen molar-refractivity contribution in [2.24, 2.45) is 0 Å². The Morgan fingerprint density at radius 3 is 2.55 bits per heavy atom. The molecule has 0 spiro atoms. The summed E-state index contributed by atoms with van der Waals surface area (Å²) in [5.41, 5.74) is 3.52. The van der Waals surface area contributed by atoms with Gasteiger partial charge in [0.25, 0.3) is 0 Å². The number of rotatable bonds is 5. The van der Waals surface area contributed by atoms with Gasteiger partial charge < -0.3 is 9.30 Å². The van der Waals surface area contributed by atoms with E-state index in [2.05, 4.69) is 19.7 Å². The van der Waals surface area contributed by atoms with Gasteiger partial charge in [0.2, 0.25) is 5.28 Å². The monoisotopic (exact) mass is 434 g/mol. The lowest BCUT2D eigenvalue weighted by molar-refractivity contribution is -0.0504. The first-order valence-electron chi connectivity index (χ1n) is 8.59. The largest absolute Gasteiger partial charge is 0.434 e. The summed E-state index contributed by atoms with van der Waals surface area (Å²) in [6, 6.07) is 10.3. The van der Waals surface area contributed by atoms with Crippen LogP contribution in [0.25, 0.3) is 22.2 Å². The van der Waals surface area contributed by atoms with E-state index in [1.807, 2.05) is 17.6 Å². The van der Waals surface area contributed by atoms with Crippen molar-refractivity contribution in [2.45, 2.75) is 20.1 Å². The summed E-state index contributed by atoms with van der Waals surface area (Å²) in [5.74, 6) is 0.844. The number of aromatic nitrogens is 4. The normalized spacial score (nSPS) is 11.4. The third-order valence-corrected chi connectivity index (χ3v) is 4.98. The maximum Gasteiger partial charge on any atom is 0.387 e. The average Bonchev–Trinajstić information content (AvgIpc) is 2.97. The summed E-state index contributed by atoms with van der Waals surface area (Å²) in [6.07, 6.45) is 3.17. The van der Waals surface area contributed by atoms with Gasteiger partial charge in [-0.3, -0.25) is 0 Å². The second-order valence-corrected chi connectivity index (χ2v) is 7.04. The number of para-hydroxylation sites is 1. The van der Waals surface area contributed by atoms with Crippen LogP contribution in [0.3, 0.4) is 0 Å². The fourth-order valence-corrected chi connectivity index (χ4v) is 3.52. The molecule has 0 N–H and O–H groups in total. The van der Waals surface area contributed by atoms with Gasteiger partial charge in [-0.25, -0.2) is 15.0 Å². The Morgan fingerprint density at radius 2 is 1.83 bits per heavy atom. The van der Waals surface area contributed by atoms with Gasteiger partial charge in [0, 0.05) is 29.1 Å². The van der Waals surface area contributed by atoms with E-state index in [9.17, 15) is 8.78 Å². The quantitative estimate of drug-likeness (QED) is 0.374. The lowest BCUT2D eigenvalue weighted by atomic mass is 10.1. The third-order valence-electron chi connectivity index (χ3n) is 4.48. The standard InChI is InChI=1S/C20H14Cl2F2N4O/c1-11-27-16-7-15(21)14(13-8-25-19(22)26-9-13)6-17(16)28(11)10-12-4-2-3-5-18(12)29-20(23)24/h2-9,20H,10H2,1H3. The number of imidazole rings is 1. The van der Waals surface area contributed by atoms with Crippen LogP contribution in [-0.4, -0.2) is 26.1 Å². The Balaban J connectivity index is 1.81. The van der Waals surface area contributed by atoms with E-state index in [1.54, 1.807) is 36.7 Å². The Bertz CT molecular complexity index is 1180. The third kappa shape index (κ3) is 4.02. The fraction of sp³-hybridized carbons (Fsp3) is 0.150. The van der Waals surface area contributed by atoms with Crippen LogP contribution < -0.4 is 4.74 Å². The van der Waals surface area contributed by atoms with Crippen LogP contribution in [0.15, 0.2) is 48.8 Å². The van der Waals surface area contributed by atoms with Crippen LogP contribution in [0.4, 0.5) is 8.78 Å². The molecular weight excluding hydrogens is 421 g/mol. The van der Waals surface area contributed by atoms with Crippen LogP contribution in [0.5, 0.6) is 5.75 Å². The van der Waals surface area contributed by atoms with Crippen LogP contribution in [0, 0.1) is 6.92 Å². The Kier molecular flexibility index (Phi) is 5.34. The molecule has 0 aliphatic rings. The summed E-state index contributed by atoms with van der Waals surface area (Å²) < 4.78 is 32.1. The van der Waals surface area contributed by atoms with Gasteiger partial charge in [-0.05, 0) is 36.7 Å². The Hall–Kier alpha value is -2.77. The van der Waals surface area contributed by atoms with E-state index < -0.39 is 6.61 Å². The Labute approximate surface area is 174 Å². The minimum atomic E-state index is -2.90. The predicted octanol–water partition coefficient (Wildman–Crippen LogP) is 5.76. The minimum absolute atomic E-state index is 0.129. The molecule has 0 amide bonds. The van der Waals surface area contributed by atoms with Crippen LogP contribution >= 0.6 is 23.2 Å². The predicted molar refractivity (Wildman–Crippen MR) is 108 cm³/mol. The molecule has 5 nitrogen and oxygen atoms in total. The maximum atomic E-state index is 12.7. The number of ether oxygens (including phenoxy) is 1. The molecule has 0 saturated heterocycles. The molecule has 29 heavy (non-hydrogen) atoms. The summed E-state index contributed by atoms with van der Waals surface area (Å²) in [4.78, 5) is 12.5. The number of aryl methyl sites for hydroxylation is 1. The first kappa shape index (κ1) is 19.5. The van der Waals surface area contributed by atoms with Crippen molar-refractivity contribution in [3.05, 3.63) is 70.5 Å². The summed E-state index contributed by atoms with van der Waals surface area (Å²) in [7, 11) is 0. The zero-order chi connectivity index (χ0) is 20.5. The maximum absolute atomic E-state index is 12.7. The topological polar surface area (TPSA) is 52.8 Å². The summed E-state index contributed by atoms with van der Waals surface area (Å²) in [5, 5.41) is 0.636. The molecule has 0 fully saturated rings. The molecular formula is C20H14Cl2F2N4O. The second kappa shape index (κ2) is 7.93. The smallest absolute Gasteiger partial charge is 0.387 e. The van der Waals surface area contributed by atoms with E-state index in [0.29, 0.717) is 39.6 Å². The molecule has 148 valence electrons. The highest BCUT2D eigenvalue weighted by atomic mass is 35.5. The van der Waals surface area contributed by atoms with Gasteiger partial charge in [-0.1, -0.05) is 29.8 Å². The van der Waals surface area contributed by atoms with Crippen molar-refractivity contribution in [3.63, 3.8) is 0 Å². The molecule has 0 radical (unpaired) electrons. The van der Waals surface area contributed by atoms with Crippen molar-refractivity contribution >= 4 is 34.2 Å². The lowest BCUT2D eigenvalue weighted by Gasteiger charge is -2.13. The van der Waals surface area contributed by atoms with E-state index in [0.717, 1.165) is 5.52 Å². The molecule has 2 aromatic carbocycles. The van der Waals surface area contributed by atoms with E-state index >= 15 is 0 Å². The lowest BCUT2D eigenvalue weighted by Crippen LogP contribution is -2.08.